The summed E-state index contributed by atoms with van der Waals surface area (Å²) in [7, 11) is 0. The number of benzene rings is 1. The van der Waals surface area contributed by atoms with E-state index in [9.17, 15) is 25.1 Å². The Labute approximate surface area is 121 Å². The molecule has 2 unspecified atom stereocenters. The fraction of sp³-hybridized carbons (Fsp3) is 0.462. The Morgan fingerprint density at radius 2 is 1.86 bits per heavy atom. The number of nitro groups is 1. The predicted molar refractivity (Wildman–Crippen MR) is 75.7 cm³/mol. The van der Waals surface area contributed by atoms with Crippen LogP contribution in [0.15, 0.2) is 24.3 Å². The molecule has 0 aliphatic rings. The third-order valence-electron chi connectivity index (χ3n) is 2.76. The molecule has 0 heterocycles. The lowest BCUT2D eigenvalue weighted by atomic mass is 10.0. The smallest absolute Gasteiger partial charge is 0.315 e. The third kappa shape index (κ3) is 5.01. The van der Waals surface area contributed by atoms with E-state index in [-0.39, 0.29) is 11.7 Å². The van der Waals surface area contributed by atoms with Crippen molar-refractivity contribution in [2.45, 2.75) is 32.0 Å². The van der Waals surface area contributed by atoms with E-state index in [2.05, 4.69) is 10.6 Å². The number of hydrogen-bond acceptors (Lipinski definition) is 5. The number of carbonyl (C=O) groups is 1. The molecule has 0 aromatic heterocycles. The molecule has 1 aromatic carbocycles. The number of rotatable bonds is 6. The van der Waals surface area contributed by atoms with Gasteiger partial charge in [-0.2, -0.15) is 0 Å². The minimum atomic E-state index is -1.17. The second-order valence-corrected chi connectivity index (χ2v) is 4.86. The molecule has 2 amide bonds. The van der Waals surface area contributed by atoms with Gasteiger partial charge in [-0.25, -0.2) is 4.79 Å². The van der Waals surface area contributed by atoms with Gasteiger partial charge in [0.1, 0.15) is 6.10 Å². The van der Waals surface area contributed by atoms with E-state index in [1.54, 1.807) is 13.8 Å². The lowest BCUT2D eigenvalue weighted by Gasteiger charge is -2.23. The molecular formula is C13H19N3O5. The molecule has 21 heavy (non-hydrogen) atoms. The molecule has 8 heteroatoms. The van der Waals surface area contributed by atoms with Crippen molar-refractivity contribution in [2.24, 2.45) is 0 Å². The topological polar surface area (TPSA) is 125 Å². The first kappa shape index (κ1) is 16.9. The van der Waals surface area contributed by atoms with E-state index >= 15 is 0 Å². The summed E-state index contributed by atoms with van der Waals surface area (Å²) >= 11 is 0. The van der Waals surface area contributed by atoms with E-state index in [1.807, 2.05) is 0 Å². The number of amides is 2. The van der Waals surface area contributed by atoms with Crippen LogP contribution in [0, 0.1) is 10.1 Å². The van der Waals surface area contributed by atoms with Gasteiger partial charge in [-0.15, -0.1) is 0 Å². The van der Waals surface area contributed by atoms with Gasteiger partial charge < -0.3 is 20.8 Å². The predicted octanol–water partition coefficient (Wildman–Crippen LogP) is 0.697. The Morgan fingerprint density at radius 1 is 1.29 bits per heavy atom. The number of hydrogen-bond donors (Lipinski definition) is 4. The number of nitro benzene ring substituents is 1. The van der Waals surface area contributed by atoms with Crippen molar-refractivity contribution in [1.29, 1.82) is 0 Å². The van der Waals surface area contributed by atoms with Crippen LogP contribution in [0.2, 0.25) is 0 Å². The van der Waals surface area contributed by atoms with Gasteiger partial charge in [-0.3, -0.25) is 10.1 Å². The van der Waals surface area contributed by atoms with E-state index in [0.29, 0.717) is 5.56 Å². The summed E-state index contributed by atoms with van der Waals surface area (Å²) in [5, 5.41) is 35.0. The van der Waals surface area contributed by atoms with Gasteiger partial charge in [0.2, 0.25) is 0 Å². The van der Waals surface area contributed by atoms with Crippen LogP contribution in [0.3, 0.4) is 0 Å². The van der Waals surface area contributed by atoms with E-state index in [0.717, 1.165) is 0 Å². The highest BCUT2D eigenvalue weighted by molar-refractivity contribution is 5.74. The minimum absolute atomic E-state index is 0.0825. The van der Waals surface area contributed by atoms with E-state index in [4.69, 9.17) is 0 Å². The maximum atomic E-state index is 11.6. The average Bonchev–Trinajstić information content (AvgIpc) is 2.43. The highest BCUT2D eigenvalue weighted by atomic mass is 16.6. The average molecular weight is 297 g/mol. The van der Waals surface area contributed by atoms with Crippen LogP contribution >= 0.6 is 0 Å². The lowest BCUT2D eigenvalue weighted by molar-refractivity contribution is -0.384. The molecule has 0 aliphatic heterocycles. The summed E-state index contributed by atoms with van der Waals surface area (Å²) in [5.74, 6) is 0. The molecule has 0 fully saturated rings. The number of carbonyl (C=O) groups excluding carboxylic acids is 1. The van der Waals surface area contributed by atoms with Gasteiger partial charge >= 0.3 is 6.03 Å². The fourth-order valence-corrected chi connectivity index (χ4v) is 1.72. The highest BCUT2D eigenvalue weighted by Crippen LogP contribution is 2.20. The van der Waals surface area contributed by atoms with Crippen LogP contribution < -0.4 is 10.6 Å². The zero-order chi connectivity index (χ0) is 16.0. The molecule has 0 saturated carbocycles. The van der Waals surface area contributed by atoms with Crippen molar-refractivity contribution in [3.05, 3.63) is 39.9 Å². The molecule has 0 saturated heterocycles. The van der Waals surface area contributed by atoms with Crippen molar-refractivity contribution in [3.8, 4) is 0 Å². The Morgan fingerprint density at radius 3 is 2.29 bits per heavy atom. The number of aliphatic hydroxyl groups excluding tert-OH is 2. The van der Waals surface area contributed by atoms with Crippen molar-refractivity contribution < 1.29 is 19.9 Å². The molecule has 1 aromatic rings. The summed E-state index contributed by atoms with van der Waals surface area (Å²) in [6, 6.07) is 3.76. The summed E-state index contributed by atoms with van der Waals surface area (Å²) in [5.41, 5.74) is 0.265. The maximum absolute atomic E-state index is 11.6. The zero-order valence-corrected chi connectivity index (χ0v) is 11.8. The molecular weight excluding hydrogens is 278 g/mol. The molecule has 0 bridgehead atoms. The zero-order valence-electron chi connectivity index (χ0n) is 11.8. The van der Waals surface area contributed by atoms with Gasteiger partial charge in [-0.1, -0.05) is 0 Å². The van der Waals surface area contributed by atoms with Crippen molar-refractivity contribution in [1.82, 2.24) is 10.6 Å². The summed E-state index contributed by atoms with van der Waals surface area (Å²) in [6.45, 7) is 3.09. The maximum Gasteiger partial charge on any atom is 0.315 e. The first-order valence-corrected chi connectivity index (χ1v) is 6.45. The largest absolute Gasteiger partial charge is 0.394 e. The van der Waals surface area contributed by atoms with Crippen LogP contribution in [0.5, 0.6) is 0 Å². The second-order valence-electron chi connectivity index (χ2n) is 4.86. The van der Waals surface area contributed by atoms with Crippen molar-refractivity contribution in [2.75, 3.05) is 6.61 Å². The van der Waals surface area contributed by atoms with Gasteiger partial charge in [0.15, 0.2) is 0 Å². The Balaban J connectivity index is 2.75. The first-order chi connectivity index (χ1) is 9.85. The van der Waals surface area contributed by atoms with Crippen LogP contribution in [0.4, 0.5) is 10.5 Å². The van der Waals surface area contributed by atoms with Gasteiger partial charge in [0.25, 0.3) is 5.69 Å². The summed E-state index contributed by atoms with van der Waals surface area (Å²) in [4.78, 5) is 21.6. The number of non-ortho nitro benzene ring substituents is 1. The number of aliphatic hydroxyl groups is 2. The van der Waals surface area contributed by atoms with Crippen LogP contribution in [0.25, 0.3) is 0 Å². The van der Waals surface area contributed by atoms with Crippen LogP contribution in [-0.4, -0.2) is 39.9 Å². The number of nitrogens with one attached hydrogen (secondary N) is 2. The highest BCUT2D eigenvalue weighted by Gasteiger charge is 2.23. The van der Waals surface area contributed by atoms with Gasteiger partial charge in [-0.05, 0) is 31.5 Å². The monoisotopic (exact) mass is 297 g/mol. The number of nitrogens with zero attached hydrogens (tertiary/aromatic N) is 1. The van der Waals surface area contributed by atoms with Crippen molar-refractivity contribution >= 4 is 11.7 Å². The summed E-state index contributed by atoms with van der Waals surface area (Å²) < 4.78 is 0. The SMILES string of the molecule is CC(C)NC(=O)NC(CO)C(O)c1ccc([N+](=O)[O-])cc1. The molecule has 1 rings (SSSR count). The fourth-order valence-electron chi connectivity index (χ4n) is 1.72. The molecule has 0 radical (unpaired) electrons. The van der Waals surface area contributed by atoms with Gasteiger partial charge in [0.05, 0.1) is 17.6 Å². The number of urea groups is 1. The molecule has 116 valence electrons. The van der Waals surface area contributed by atoms with E-state index < -0.39 is 29.7 Å². The molecule has 2 atom stereocenters. The van der Waals surface area contributed by atoms with Crippen LogP contribution in [0.1, 0.15) is 25.5 Å². The first-order valence-electron chi connectivity index (χ1n) is 6.45. The normalized spacial score (nSPS) is 13.6. The summed E-state index contributed by atoms with van der Waals surface area (Å²) in [6.07, 6.45) is -1.17. The quantitative estimate of drug-likeness (QED) is 0.454. The standard InChI is InChI=1S/C13H19N3O5/c1-8(2)14-13(19)15-11(7-17)12(18)9-3-5-10(6-4-9)16(20)21/h3-6,8,11-12,17-18H,7H2,1-2H3,(H2,14,15,19). The molecule has 0 spiro atoms. The minimum Gasteiger partial charge on any atom is -0.394 e. The second kappa shape index (κ2) is 7.55. The van der Waals surface area contributed by atoms with Crippen molar-refractivity contribution in [3.63, 3.8) is 0 Å². The third-order valence-corrected chi connectivity index (χ3v) is 2.76. The lowest BCUT2D eigenvalue weighted by Crippen LogP contribution is -2.48. The van der Waals surface area contributed by atoms with Gasteiger partial charge in [0, 0.05) is 18.2 Å². The van der Waals surface area contributed by atoms with Crippen LogP contribution in [-0.2, 0) is 0 Å². The molecule has 0 aliphatic carbocycles. The molecule has 8 nitrogen and oxygen atoms in total. The Hall–Kier alpha value is -2.19. The molecule has 4 N–H and O–H groups in total. The Kier molecular flexibility index (Phi) is 6.07. The Bertz CT molecular complexity index is 489. The van der Waals surface area contributed by atoms with E-state index in [1.165, 1.54) is 24.3 Å².